The van der Waals surface area contributed by atoms with E-state index in [9.17, 15) is 9.59 Å². The molecule has 1 aliphatic heterocycles. The Bertz CT molecular complexity index is 876. The van der Waals surface area contributed by atoms with E-state index < -0.39 is 0 Å². The number of fused-ring (bicyclic) bond motifs is 1. The third-order valence-electron chi connectivity index (χ3n) is 5.34. The molecule has 2 unspecified atom stereocenters. The number of aromatic nitrogens is 2. The summed E-state index contributed by atoms with van der Waals surface area (Å²) in [5, 5.41) is 3.59. The average Bonchev–Trinajstić information content (AvgIpc) is 3.21. The van der Waals surface area contributed by atoms with Crippen LogP contribution in [0.1, 0.15) is 43.0 Å². The average molecular weight is 409 g/mol. The molecule has 3 heterocycles. The van der Waals surface area contributed by atoms with Crippen molar-refractivity contribution >= 4 is 39.2 Å². The first-order chi connectivity index (χ1) is 12.9. The molecule has 0 radical (unpaired) electrons. The number of amides is 1. The zero-order valence-electron chi connectivity index (χ0n) is 16.4. The molecule has 6 nitrogen and oxygen atoms in total. The molecule has 1 amide bonds. The SMILES string of the molecule is CCN1CCCC1CNC(=O)C(C)SCc1nc2sc(C)c(C)c2c(=O)[nH]1. The third-order valence-corrected chi connectivity index (χ3v) is 7.60. The first-order valence-electron chi connectivity index (χ1n) is 9.53. The maximum atomic E-state index is 12.4. The Morgan fingerprint density at radius 1 is 1.48 bits per heavy atom. The van der Waals surface area contributed by atoms with E-state index in [0.717, 1.165) is 34.8 Å². The third kappa shape index (κ3) is 4.55. The standard InChI is InChI=1S/C19H28N4O2S2/c1-5-23-8-6-7-14(23)9-20-17(24)13(4)26-10-15-21-18(25)16-11(2)12(3)27-19(16)22-15/h13-14H,5-10H2,1-4H3,(H,20,24)(H,21,22,25). The lowest BCUT2D eigenvalue weighted by Gasteiger charge is -2.23. The molecule has 0 spiro atoms. The van der Waals surface area contributed by atoms with E-state index in [0.29, 0.717) is 29.6 Å². The van der Waals surface area contributed by atoms with Gasteiger partial charge in [-0.3, -0.25) is 14.5 Å². The maximum Gasteiger partial charge on any atom is 0.259 e. The van der Waals surface area contributed by atoms with Gasteiger partial charge in [0, 0.05) is 17.5 Å². The van der Waals surface area contributed by atoms with Gasteiger partial charge in [-0.25, -0.2) is 4.98 Å². The normalized spacial score (nSPS) is 18.9. The van der Waals surface area contributed by atoms with E-state index >= 15 is 0 Å². The van der Waals surface area contributed by atoms with Crippen molar-refractivity contribution in [1.29, 1.82) is 0 Å². The van der Waals surface area contributed by atoms with Gasteiger partial charge < -0.3 is 10.3 Å². The molecular weight excluding hydrogens is 380 g/mol. The van der Waals surface area contributed by atoms with Crippen molar-refractivity contribution in [1.82, 2.24) is 20.2 Å². The molecule has 2 aromatic rings. The number of hydrogen-bond acceptors (Lipinski definition) is 6. The van der Waals surface area contributed by atoms with Crippen LogP contribution in [0.15, 0.2) is 4.79 Å². The molecular formula is C19H28N4O2S2. The van der Waals surface area contributed by atoms with E-state index in [1.54, 1.807) is 11.3 Å². The van der Waals surface area contributed by atoms with Crippen LogP contribution in [0.5, 0.6) is 0 Å². The number of aryl methyl sites for hydroxylation is 2. The zero-order chi connectivity index (χ0) is 19.6. The van der Waals surface area contributed by atoms with Crippen LogP contribution in [0, 0.1) is 13.8 Å². The van der Waals surface area contributed by atoms with E-state index in [1.165, 1.54) is 18.2 Å². The van der Waals surface area contributed by atoms with Gasteiger partial charge in [-0.15, -0.1) is 23.1 Å². The van der Waals surface area contributed by atoms with E-state index in [1.807, 2.05) is 20.8 Å². The van der Waals surface area contributed by atoms with Gasteiger partial charge in [0.1, 0.15) is 10.7 Å². The molecule has 1 fully saturated rings. The number of nitrogens with zero attached hydrogens (tertiary/aromatic N) is 2. The molecule has 2 atom stereocenters. The smallest absolute Gasteiger partial charge is 0.259 e. The molecule has 8 heteroatoms. The monoisotopic (exact) mass is 408 g/mol. The summed E-state index contributed by atoms with van der Waals surface area (Å²) in [6.07, 6.45) is 2.36. The quantitative estimate of drug-likeness (QED) is 0.737. The van der Waals surface area contributed by atoms with Crippen molar-refractivity contribution in [2.45, 2.75) is 57.6 Å². The number of likely N-dealkylation sites (N-methyl/N-ethyl adjacent to an activating group) is 1. The van der Waals surface area contributed by atoms with Gasteiger partial charge in [-0.1, -0.05) is 6.92 Å². The molecule has 1 saturated heterocycles. The molecule has 3 rings (SSSR count). The Morgan fingerprint density at radius 2 is 2.26 bits per heavy atom. The minimum absolute atomic E-state index is 0.0502. The molecule has 0 aliphatic carbocycles. The van der Waals surface area contributed by atoms with Crippen LogP contribution in [-0.2, 0) is 10.5 Å². The number of hydrogen-bond donors (Lipinski definition) is 2. The first kappa shape index (κ1) is 20.4. The summed E-state index contributed by atoms with van der Waals surface area (Å²) in [5.74, 6) is 1.20. The molecule has 2 N–H and O–H groups in total. The topological polar surface area (TPSA) is 78.1 Å². The minimum atomic E-state index is -0.186. The molecule has 1 aliphatic rings. The number of rotatable bonds is 7. The number of H-pyrrole nitrogens is 1. The van der Waals surface area contributed by atoms with Crippen LogP contribution < -0.4 is 10.9 Å². The van der Waals surface area contributed by atoms with E-state index in [2.05, 4.69) is 27.1 Å². The van der Waals surface area contributed by atoms with Crippen molar-refractivity contribution in [3.8, 4) is 0 Å². The number of thiophene rings is 1. The predicted molar refractivity (Wildman–Crippen MR) is 114 cm³/mol. The van der Waals surface area contributed by atoms with Gasteiger partial charge in [-0.05, 0) is 52.3 Å². The van der Waals surface area contributed by atoms with Gasteiger partial charge >= 0.3 is 0 Å². The second-order valence-electron chi connectivity index (χ2n) is 7.10. The second kappa shape index (κ2) is 8.75. The van der Waals surface area contributed by atoms with Crippen molar-refractivity contribution in [3.63, 3.8) is 0 Å². The fourth-order valence-corrected chi connectivity index (χ4v) is 5.38. The predicted octanol–water partition coefficient (Wildman–Crippen LogP) is 2.82. The summed E-state index contributed by atoms with van der Waals surface area (Å²) >= 11 is 3.05. The summed E-state index contributed by atoms with van der Waals surface area (Å²) in [6.45, 7) is 10.9. The molecule has 2 aromatic heterocycles. The number of carbonyl (C=O) groups is 1. The number of carbonyl (C=O) groups excluding carboxylic acids is 1. The molecule has 0 aromatic carbocycles. The summed E-state index contributed by atoms with van der Waals surface area (Å²) in [7, 11) is 0. The van der Waals surface area contributed by atoms with Crippen LogP contribution in [-0.4, -0.2) is 51.7 Å². The van der Waals surface area contributed by atoms with Gasteiger partial charge in [0.2, 0.25) is 5.91 Å². The highest BCUT2D eigenvalue weighted by atomic mass is 32.2. The van der Waals surface area contributed by atoms with Gasteiger partial charge in [0.15, 0.2) is 0 Å². The largest absolute Gasteiger partial charge is 0.354 e. The van der Waals surface area contributed by atoms with Crippen LogP contribution >= 0.6 is 23.1 Å². The lowest BCUT2D eigenvalue weighted by Crippen LogP contribution is -2.42. The number of likely N-dealkylation sites (tertiary alicyclic amines) is 1. The fourth-order valence-electron chi connectivity index (χ4n) is 3.55. The Kier molecular flexibility index (Phi) is 6.60. The minimum Gasteiger partial charge on any atom is -0.354 e. The van der Waals surface area contributed by atoms with Crippen LogP contribution in [0.2, 0.25) is 0 Å². The lowest BCUT2D eigenvalue weighted by atomic mass is 10.2. The highest BCUT2D eigenvalue weighted by Crippen LogP contribution is 2.26. The van der Waals surface area contributed by atoms with E-state index in [-0.39, 0.29) is 16.7 Å². The van der Waals surface area contributed by atoms with Crippen molar-refractivity contribution in [3.05, 3.63) is 26.6 Å². The van der Waals surface area contributed by atoms with Crippen LogP contribution in [0.25, 0.3) is 10.2 Å². The first-order valence-corrected chi connectivity index (χ1v) is 11.4. The highest BCUT2D eigenvalue weighted by Gasteiger charge is 2.24. The Balaban J connectivity index is 1.55. The Hall–Kier alpha value is -1.38. The van der Waals surface area contributed by atoms with Crippen molar-refractivity contribution < 1.29 is 4.79 Å². The summed E-state index contributed by atoms with van der Waals surface area (Å²) < 4.78 is 0. The van der Waals surface area contributed by atoms with Crippen LogP contribution in [0.4, 0.5) is 0 Å². The molecule has 148 valence electrons. The summed E-state index contributed by atoms with van der Waals surface area (Å²) in [5.41, 5.74) is 0.916. The molecule has 27 heavy (non-hydrogen) atoms. The number of thioether (sulfide) groups is 1. The van der Waals surface area contributed by atoms with Crippen molar-refractivity contribution in [2.24, 2.45) is 0 Å². The Labute approximate surface area is 168 Å². The molecule has 0 saturated carbocycles. The second-order valence-corrected chi connectivity index (χ2v) is 9.63. The van der Waals surface area contributed by atoms with Gasteiger partial charge in [0.05, 0.1) is 16.4 Å². The fraction of sp³-hybridized carbons (Fsp3) is 0.632. The van der Waals surface area contributed by atoms with Crippen LogP contribution in [0.3, 0.4) is 0 Å². The van der Waals surface area contributed by atoms with E-state index in [4.69, 9.17) is 0 Å². The number of aromatic amines is 1. The number of nitrogens with one attached hydrogen (secondary N) is 2. The van der Waals surface area contributed by atoms with Gasteiger partial charge in [-0.2, -0.15) is 0 Å². The van der Waals surface area contributed by atoms with Crippen molar-refractivity contribution in [2.75, 3.05) is 19.6 Å². The lowest BCUT2D eigenvalue weighted by molar-refractivity contribution is -0.120. The molecule has 0 bridgehead atoms. The summed E-state index contributed by atoms with van der Waals surface area (Å²) in [6, 6.07) is 0.460. The Morgan fingerprint density at radius 3 is 3.00 bits per heavy atom. The summed E-state index contributed by atoms with van der Waals surface area (Å²) in [4.78, 5) is 36.5. The maximum absolute atomic E-state index is 12.4. The van der Waals surface area contributed by atoms with Gasteiger partial charge in [0.25, 0.3) is 5.56 Å². The zero-order valence-corrected chi connectivity index (χ0v) is 18.1. The highest BCUT2D eigenvalue weighted by molar-refractivity contribution is 7.99.